The molecule has 150 valence electrons. The largest absolute Gasteiger partial charge is 0.463 e. The molecule has 0 rings (SSSR count). The average Bonchev–Trinajstić information content (AvgIpc) is 2.46. The fourth-order valence-electron chi connectivity index (χ4n) is 1.99. The number of alkyl carbamates (subject to hydrolysis) is 1. The van der Waals surface area contributed by atoms with Crippen molar-refractivity contribution in [3.8, 4) is 0 Å². The zero-order valence-corrected chi connectivity index (χ0v) is 17.6. The van der Waals surface area contributed by atoms with E-state index in [1.807, 2.05) is 20.8 Å². The number of rotatable bonds is 6. The number of carbonyl (C=O) groups excluding carboxylic acids is 3. The Morgan fingerprint density at radius 2 is 1.65 bits per heavy atom. The van der Waals surface area contributed by atoms with E-state index in [2.05, 4.69) is 5.32 Å². The van der Waals surface area contributed by atoms with E-state index in [-0.39, 0.29) is 12.5 Å². The summed E-state index contributed by atoms with van der Waals surface area (Å²) in [6, 6.07) is -0.765. The minimum Gasteiger partial charge on any atom is -0.463 e. The van der Waals surface area contributed by atoms with Gasteiger partial charge in [0, 0.05) is 19.2 Å². The van der Waals surface area contributed by atoms with Crippen LogP contribution in [0.5, 0.6) is 0 Å². The Balaban J connectivity index is 5.11. The number of ether oxygens (including phenoxy) is 2. The van der Waals surface area contributed by atoms with E-state index in [0.717, 1.165) is 0 Å². The van der Waals surface area contributed by atoms with E-state index < -0.39 is 29.1 Å². The zero-order chi connectivity index (χ0) is 20.7. The van der Waals surface area contributed by atoms with Crippen LogP contribution in [0.1, 0.15) is 55.4 Å². The van der Waals surface area contributed by atoms with Gasteiger partial charge in [-0.1, -0.05) is 26.8 Å². The van der Waals surface area contributed by atoms with Gasteiger partial charge in [-0.2, -0.15) is 0 Å². The first kappa shape index (κ1) is 23.9. The van der Waals surface area contributed by atoms with Crippen molar-refractivity contribution in [2.45, 2.75) is 67.0 Å². The highest BCUT2D eigenvalue weighted by atomic mass is 16.6. The smallest absolute Gasteiger partial charge is 0.408 e. The lowest BCUT2D eigenvalue weighted by Gasteiger charge is -2.33. The summed E-state index contributed by atoms with van der Waals surface area (Å²) in [7, 11) is 1.62. The SMILES string of the molecule is CCOC(=O)/C(C)=C/CN(C)C(=O)[C@@H](NC(=O)OC(C)(C)C)C(C)(C)C. The lowest BCUT2D eigenvalue weighted by Crippen LogP contribution is -2.54. The van der Waals surface area contributed by atoms with Crippen molar-refractivity contribution in [3.63, 3.8) is 0 Å². The van der Waals surface area contributed by atoms with Gasteiger partial charge in [-0.3, -0.25) is 4.79 Å². The van der Waals surface area contributed by atoms with E-state index in [1.54, 1.807) is 47.7 Å². The number of hydrogen-bond donors (Lipinski definition) is 1. The van der Waals surface area contributed by atoms with Crippen molar-refractivity contribution >= 4 is 18.0 Å². The number of likely N-dealkylation sites (N-methyl/N-ethyl adjacent to an activating group) is 1. The number of nitrogens with zero attached hydrogens (tertiary/aromatic N) is 1. The molecule has 0 saturated carbocycles. The molecule has 0 aliphatic carbocycles. The van der Waals surface area contributed by atoms with Crippen molar-refractivity contribution in [3.05, 3.63) is 11.6 Å². The average molecular weight is 370 g/mol. The summed E-state index contributed by atoms with van der Waals surface area (Å²) in [4.78, 5) is 38.0. The van der Waals surface area contributed by atoms with Gasteiger partial charge in [0.2, 0.25) is 5.91 Å². The molecule has 2 amide bonds. The summed E-state index contributed by atoms with van der Waals surface area (Å²) in [6.45, 7) is 14.8. The molecule has 0 unspecified atom stereocenters. The minimum absolute atomic E-state index is 0.228. The predicted molar refractivity (Wildman–Crippen MR) is 101 cm³/mol. The second kappa shape index (κ2) is 9.59. The first-order valence-corrected chi connectivity index (χ1v) is 8.77. The molecule has 7 heteroatoms. The van der Waals surface area contributed by atoms with E-state index >= 15 is 0 Å². The van der Waals surface area contributed by atoms with Crippen LogP contribution in [0.2, 0.25) is 0 Å². The molecular weight excluding hydrogens is 336 g/mol. The standard InChI is InChI=1S/C19H34N2O5/c1-10-25-16(23)13(2)11-12-21(9)15(22)14(18(3,4)5)20-17(24)26-19(6,7)8/h11,14H,10,12H2,1-9H3,(H,20,24)/b13-11+/t14-/m1/s1. The van der Waals surface area contributed by atoms with Gasteiger partial charge < -0.3 is 19.7 Å². The molecule has 7 nitrogen and oxygen atoms in total. The number of nitrogens with one attached hydrogen (secondary N) is 1. The number of amides is 2. The van der Waals surface area contributed by atoms with Crippen molar-refractivity contribution in [1.82, 2.24) is 10.2 Å². The van der Waals surface area contributed by atoms with Crippen LogP contribution in [0.3, 0.4) is 0 Å². The number of esters is 1. The molecule has 0 saturated heterocycles. The Kier molecular flexibility index (Phi) is 8.84. The summed E-state index contributed by atoms with van der Waals surface area (Å²) in [5.74, 6) is -0.677. The molecule has 0 aliphatic rings. The van der Waals surface area contributed by atoms with Crippen molar-refractivity contribution in [1.29, 1.82) is 0 Å². The first-order valence-electron chi connectivity index (χ1n) is 8.77. The van der Waals surface area contributed by atoms with E-state index in [9.17, 15) is 14.4 Å². The third-order valence-corrected chi connectivity index (χ3v) is 3.42. The summed E-state index contributed by atoms with van der Waals surface area (Å²) in [5.41, 5.74) is -0.734. The molecule has 26 heavy (non-hydrogen) atoms. The second-order valence-electron chi connectivity index (χ2n) is 8.27. The normalized spacial score (nSPS) is 13.7. The highest BCUT2D eigenvalue weighted by Crippen LogP contribution is 2.21. The fourth-order valence-corrected chi connectivity index (χ4v) is 1.99. The molecule has 0 aromatic rings. The fraction of sp³-hybridized carbons (Fsp3) is 0.737. The number of hydrogen-bond acceptors (Lipinski definition) is 5. The van der Waals surface area contributed by atoms with Crippen LogP contribution in [0.15, 0.2) is 11.6 Å². The van der Waals surface area contributed by atoms with Gasteiger partial charge in [0.15, 0.2) is 0 Å². The van der Waals surface area contributed by atoms with Crippen LogP contribution >= 0.6 is 0 Å². The highest BCUT2D eigenvalue weighted by molar-refractivity contribution is 5.88. The highest BCUT2D eigenvalue weighted by Gasteiger charge is 2.35. The van der Waals surface area contributed by atoms with Gasteiger partial charge >= 0.3 is 12.1 Å². The lowest BCUT2D eigenvalue weighted by molar-refractivity contribution is -0.138. The topological polar surface area (TPSA) is 84.9 Å². The lowest BCUT2D eigenvalue weighted by atomic mass is 9.86. The van der Waals surface area contributed by atoms with Gasteiger partial charge in [0.25, 0.3) is 0 Å². The molecular formula is C19H34N2O5. The third-order valence-electron chi connectivity index (χ3n) is 3.42. The molecule has 0 aromatic heterocycles. The van der Waals surface area contributed by atoms with Crippen LogP contribution in [-0.2, 0) is 19.1 Å². The molecule has 0 heterocycles. The van der Waals surface area contributed by atoms with E-state index in [0.29, 0.717) is 12.2 Å². The Labute approximate surface area is 157 Å². The Morgan fingerprint density at radius 3 is 2.08 bits per heavy atom. The summed E-state index contributed by atoms with van der Waals surface area (Å²) in [5, 5.41) is 2.66. The van der Waals surface area contributed by atoms with Gasteiger partial charge in [0.1, 0.15) is 11.6 Å². The van der Waals surface area contributed by atoms with Gasteiger partial charge in [-0.05, 0) is 40.0 Å². The molecule has 1 N–H and O–H groups in total. The van der Waals surface area contributed by atoms with Crippen LogP contribution in [-0.4, -0.2) is 54.7 Å². The van der Waals surface area contributed by atoms with E-state index in [1.165, 1.54) is 4.90 Å². The zero-order valence-electron chi connectivity index (χ0n) is 17.6. The summed E-state index contributed by atoms with van der Waals surface area (Å²) in [6.07, 6.45) is 0.987. The van der Waals surface area contributed by atoms with Crippen LogP contribution in [0.4, 0.5) is 4.79 Å². The molecule has 0 aliphatic heterocycles. The Morgan fingerprint density at radius 1 is 1.12 bits per heavy atom. The van der Waals surface area contributed by atoms with Gasteiger partial charge in [-0.15, -0.1) is 0 Å². The third kappa shape index (κ3) is 8.87. The maximum atomic E-state index is 12.8. The van der Waals surface area contributed by atoms with Crippen LogP contribution < -0.4 is 5.32 Å². The van der Waals surface area contributed by atoms with Crippen LogP contribution in [0.25, 0.3) is 0 Å². The quantitative estimate of drug-likeness (QED) is 0.574. The van der Waals surface area contributed by atoms with Crippen molar-refractivity contribution in [2.75, 3.05) is 20.2 Å². The van der Waals surface area contributed by atoms with Gasteiger partial charge in [-0.25, -0.2) is 9.59 Å². The molecule has 1 atom stereocenters. The summed E-state index contributed by atoms with van der Waals surface area (Å²) < 4.78 is 10.2. The van der Waals surface area contributed by atoms with E-state index in [4.69, 9.17) is 9.47 Å². The molecule has 0 radical (unpaired) electrons. The predicted octanol–water partition coefficient (Wildman–Crippen LogP) is 2.89. The number of carbonyl (C=O) groups is 3. The maximum Gasteiger partial charge on any atom is 0.408 e. The Hall–Kier alpha value is -2.05. The summed E-state index contributed by atoms with van der Waals surface area (Å²) >= 11 is 0. The molecule has 0 fully saturated rings. The van der Waals surface area contributed by atoms with Crippen molar-refractivity contribution in [2.24, 2.45) is 5.41 Å². The van der Waals surface area contributed by atoms with Crippen molar-refractivity contribution < 1.29 is 23.9 Å². The minimum atomic E-state index is -0.765. The van der Waals surface area contributed by atoms with Crippen LogP contribution in [0, 0.1) is 5.41 Å². The molecule has 0 spiro atoms. The second-order valence-corrected chi connectivity index (χ2v) is 8.27. The van der Waals surface area contributed by atoms with Gasteiger partial charge in [0.05, 0.1) is 6.61 Å². The first-order chi connectivity index (χ1) is 11.7. The molecule has 0 bridgehead atoms. The Bertz CT molecular complexity index is 541. The molecule has 0 aromatic carbocycles. The maximum absolute atomic E-state index is 12.8. The monoisotopic (exact) mass is 370 g/mol.